The van der Waals surface area contributed by atoms with Gasteiger partial charge in [-0.15, -0.1) is 0 Å². The number of carbonyl (C=O) groups is 1. The van der Waals surface area contributed by atoms with E-state index in [9.17, 15) is 14.0 Å². The summed E-state index contributed by atoms with van der Waals surface area (Å²) >= 11 is 1.24. The summed E-state index contributed by atoms with van der Waals surface area (Å²) in [5.74, 6) is 0.111. The molecule has 2 aromatic heterocycles. The van der Waals surface area contributed by atoms with Crippen molar-refractivity contribution >= 4 is 17.5 Å². The predicted octanol–water partition coefficient (Wildman–Crippen LogP) is 5.46. The van der Waals surface area contributed by atoms with Crippen LogP contribution in [0.15, 0.2) is 95.0 Å². The monoisotopic (exact) mass is 528 g/mol. The summed E-state index contributed by atoms with van der Waals surface area (Å²) in [7, 11) is 3.36. The topological polar surface area (TPSA) is 71.1 Å². The number of hydrogen-bond acceptors (Lipinski definition) is 5. The second-order valence-corrected chi connectivity index (χ2v) is 9.56. The zero-order valence-corrected chi connectivity index (χ0v) is 21.9. The smallest absolute Gasteiger partial charge is 0.282 e. The summed E-state index contributed by atoms with van der Waals surface area (Å²) in [6.45, 7) is 1.77. The van der Waals surface area contributed by atoms with Crippen molar-refractivity contribution in [3.8, 4) is 28.4 Å². The van der Waals surface area contributed by atoms with Gasteiger partial charge in [0, 0.05) is 24.0 Å². The molecular weight excluding hydrogens is 503 g/mol. The lowest BCUT2D eigenvalue weighted by molar-refractivity contribution is 0.102. The van der Waals surface area contributed by atoms with Crippen LogP contribution >= 0.6 is 11.8 Å². The second-order valence-electron chi connectivity index (χ2n) is 8.61. The number of benzene rings is 3. The highest BCUT2D eigenvalue weighted by atomic mass is 32.2. The van der Waals surface area contributed by atoms with E-state index in [4.69, 9.17) is 4.74 Å². The van der Waals surface area contributed by atoms with Crippen LogP contribution in [-0.2, 0) is 7.05 Å². The quantitative estimate of drug-likeness (QED) is 0.198. The van der Waals surface area contributed by atoms with Crippen LogP contribution in [0.1, 0.15) is 16.1 Å². The Hall–Kier alpha value is -4.37. The molecule has 0 N–H and O–H groups in total. The van der Waals surface area contributed by atoms with Gasteiger partial charge in [0.15, 0.2) is 10.9 Å². The summed E-state index contributed by atoms with van der Waals surface area (Å²) in [4.78, 5) is 31.2. The predicted molar refractivity (Wildman–Crippen MR) is 146 cm³/mol. The number of thioether (sulfide) groups is 1. The molecule has 0 saturated carbocycles. The van der Waals surface area contributed by atoms with Crippen molar-refractivity contribution < 1.29 is 13.9 Å². The van der Waals surface area contributed by atoms with E-state index in [0.717, 1.165) is 16.9 Å². The number of ether oxygens (including phenoxy) is 1. The molecule has 0 fully saturated rings. The van der Waals surface area contributed by atoms with E-state index in [1.54, 1.807) is 44.1 Å². The van der Waals surface area contributed by atoms with Gasteiger partial charge in [-0.1, -0.05) is 30.0 Å². The first-order chi connectivity index (χ1) is 18.4. The van der Waals surface area contributed by atoms with Crippen LogP contribution in [0.2, 0.25) is 0 Å². The molecule has 0 amide bonds. The Bertz CT molecular complexity index is 1650. The molecule has 0 radical (unpaired) electrons. The van der Waals surface area contributed by atoms with E-state index in [-0.39, 0.29) is 28.5 Å². The molecule has 0 saturated heterocycles. The summed E-state index contributed by atoms with van der Waals surface area (Å²) < 4.78 is 24.0. The number of methoxy groups -OCH3 is 1. The molecule has 192 valence electrons. The maximum Gasteiger partial charge on any atom is 0.282 e. The number of imidazole rings is 1. The molecule has 5 rings (SSSR count). The van der Waals surface area contributed by atoms with Crippen molar-refractivity contribution in [3.63, 3.8) is 0 Å². The van der Waals surface area contributed by atoms with Gasteiger partial charge >= 0.3 is 0 Å². The van der Waals surface area contributed by atoms with Gasteiger partial charge in [0.25, 0.3) is 5.56 Å². The molecule has 3 aromatic carbocycles. The molecular formula is C29H25FN4O3S. The van der Waals surface area contributed by atoms with Gasteiger partial charge < -0.3 is 4.74 Å². The average molecular weight is 529 g/mol. The molecule has 0 unspecified atom stereocenters. The first-order valence-electron chi connectivity index (χ1n) is 11.9. The van der Waals surface area contributed by atoms with Crippen LogP contribution in [0.3, 0.4) is 0 Å². The first kappa shape index (κ1) is 25.3. The molecule has 0 aliphatic heterocycles. The number of halogens is 1. The third kappa shape index (κ3) is 4.68. The lowest BCUT2D eigenvalue weighted by Gasteiger charge is -2.12. The van der Waals surface area contributed by atoms with E-state index in [1.807, 2.05) is 59.2 Å². The molecule has 0 atom stereocenters. The second kappa shape index (κ2) is 10.5. The van der Waals surface area contributed by atoms with E-state index in [2.05, 4.69) is 4.98 Å². The molecule has 5 aromatic rings. The molecule has 7 nitrogen and oxygen atoms in total. The fourth-order valence-electron chi connectivity index (χ4n) is 4.33. The van der Waals surface area contributed by atoms with Gasteiger partial charge in [0.1, 0.15) is 17.1 Å². The highest BCUT2D eigenvalue weighted by Gasteiger charge is 2.23. The molecule has 38 heavy (non-hydrogen) atoms. The van der Waals surface area contributed by atoms with Gasteiger partial charge in [0.05, 0.1) is 30.4 Å². The number of rotatable bonds is 8. The van der Waals surface area contributed by atoms with Gasteiger partial charge in [0.2, 0.25) is 0 Å². The Morgan fingerprint density at radius 3 is 2.32 bits per heavy atom. The minimum Gasteiger partial charge on any atom is -0.497 e. The molecule has 0 bridgehead atoms. The standard InChI is InChI=1S/C29H25FN4O3S/c1-19-27(28(36)34(32(19)2)23-7-5-4-6-8-23)26(35)18-38-29-31-17-25(20-9-11-21(30)12-10-20)33(29)22-13-15-24(37-3)16-14-22/h4-17H,18H2,1-3H3. The van der Waals surface area contributed by atoms with Crippen molar-refractivity contribution in [3.05, 3.63) is 112 Å². The number of Topliss-reactive ketones (excluding diaryl/α,β-unsaturated/α-hetero) is 1. The fraction of sp³-hybridized carbons (Fsp3) is 0.138. The highest BCUT2D eigenvalue weighted by molar-refractivity contribution is 7.99. The number of carbonyl (C=O) groups excluding carboxylic acids is 1. The van der Waals surface area contributed by atoms with Crippen molar-refractivity contribution in [1.29, 1.82) is 0 Å². The summed E-state index contributed by atoms with van der Waals surface area (Å²) in [6, 6.07) is 22.8. The molecule has 2 heterocycles. The fourth-order valence-corrected chi connectivity index (χ4v) is 5.20. The van der Waals surface area contributed by atoms with Crippen LogP contribution < -0.4 is 10.3 Å². The van der Waals surface area contributed by atoms with Crippen molar-refractivity contribution in [1.82, 2.24) is 18.9 Å². The van der Waals surface area contributed by atoms with Gasteiger partial charge in [-0.05, 0) is 67.6 Å². The Labute approximate surface area is 223 Å². The largest absolute Gasteiger partial charge is 0.497 e. The van der Waals surface area contributed by atoms with E-state index in [1.165, 1.54) is 28.6 Å². The Morgan fingerprint density at radius 2 is 1.66 bits per heavy atom. The third-order valence-electron chi connectivity index (χ3n) is 6.37. The Morgan fingerprint density at radius 1 is 0.974 bits per heavy atom. The lowest BCUT2D eigenvalue weighted by atomic mass is 10.1. The molecule has 0 aliphatic rings. The van der Waals surface area contributed by atoms with Crippen LogP contribution in [-0.4, -0.2) is 37.6 Å². The number of para-hydroxylation sites is 1. The average Bonchev–Trinajstić information content (AvgIpc) is 3.46. The Balaban J connectivity index is 1.49. The molecule has 9 heteroatoms. The van der Waals surface area contributed by atoms with Crippen LogP contribution in [0.25, 0.3) is 22.6 Å². The Kier molecular flexibility index (Phi) is 7.02. The third-order valence-corrected chi connectivity index (χ3v) is 7.32. The van der Waals surface area contributed by atoms with Crippen LogP contribution in [0.4, 0.5) is 4.39 Å². The van der Waals surface area contributed by atoms with Crippen molar-refractivity contribution in [2.45, 2.75) is 12.1 Å². The first-order valence-corrected chi connectivity index (χ1v) is 12.9. The van der Waals surface area contributed by atoms with E-state index in [0.29, 0.717) is 22.3 Å². The van der Waals surface area contributed by atoms with Crippen molar-refractivity contribution in [2.75, 3.05) is 12.9 Å². The number of hydrogen-bond donors (Lipinski definition) is 0. The van der Waals surface area contributed by atoms with Gasteiger partial charge in [-0.2, -0.15) is 0 Å². The molecule has 0 spiro atoms. The van der Waals surface area contributed by atoms with Crippen molar-refractivity contribution in [2.24, 2.45) is 7.05 Å². The maximum absolute atomic E-state index is 13.6. The minimum atomic E-state index is -0.354. The normalized spacial score (nSPS) is 11.1. The number of nitrogens with zero attached hydrogens (tertiary/aromatic N) is 4. The number of ketones is 1. The van der Waals surface area contributed by atoms with Crippen LogP contribution in [0, 0.1) is 12.7 Å². The SMILES string of the molecule is COc1ccc(-n2c(-c3ccc(F)cc3)cnc2SCC(=O)c2c(C)n(C)n(-c3ccccc3)c2=O)cc1. The summed E-state index contributed by atoms with van der Waals surface area (Å²) in [5, 5.41) is 0.569. The van der Waals surface area contributed by atoms with Crippen LogP contribution in [0.5, 0.6) is 5.75 Å². The minimum absolute atomic E-state index is 0.0188. The highest BCUT2D eigenvalue weighted by Crippen LogP contribution is 2.31. The zero-order valence-electron chi connectivity index (χ0n) is 21.1. The summed E-state index contributed by atoms with van der Waals surface area (Å²) in [5.41, 5.74) is 3.41. The summed E-state index contributed by atoms with van der Waals surface area (Å²) in [6.07, 6.45) is 1.69. The maximum atomic E-state index is 13.6. The number of aromatic nitrogens is 4. The van der Waals surface area contributed by atoms with Gasteiger partial charge in [-0.3, -0.25) is 18.8 Å². The van der Waals surface area contributed by atoms with E-state index < -0.39 is 0 Å². The van der Waals surface area contributed by atoms with Gasteiger partial charge in [-0.25, -0.2) is 14.1 Å². The zero-order chi connectivity index (χ0) is 26.8. The molecule has 0 aliphatic carbocycles. The van der Waals surface area contributed by atoms with E-state index >= 15 is 0 Å². The lowest BCUT2D eigenvalue weighted by Crippen LogP contribution is -2.23.